The second-order valence-corrected chi connectivity index (χ2v) is 4.92. The number of rotatable bonds is 2. The quantitative estimate of drug-likeness (QED) is 0.821. The summed E-state index contributed by atoms with van der Waals surface area (Å²) in [5, 5.41) is 0.485. The highest BCUT2D eigenvalue weighted by molar-refractivity contribution is 6.32. The maximum Gasteiger partial charge on any atom is 0.231 e. The first-order chi connectivity index (χ1) is 8.15. The van der Waals surface area contributed by atoms with E-state index in [1.165, 1.54) is 0 Å². The Labute approximate surface area is 104 Å². The number of hydrogen-bond acceptors (Lipinski definition) is 4. The molecule has 1 aromatic carbocycles. The van der Waals surface area contributed by atoms with Gasteiger partial charge >= 0.3 is 0 Å². The van der Waals surface area contributed by atoms with Gasteiger partial charge in [-0.1, -0.05) is 11.6 Å². The topological polar surface area (TPSA) is 61.6 Å². The summed E-state index contributed by atoms with van der Waals surface area (Å²) in [4.78, 5) is 10.9. The van der Waals surface area contributed by atoms with Crippen molar-refractivity contribution in [1.29, 1.82) is 0 Å². The third-order valence-electron chi connectivity index (χ3n) is 3.49. The molecular formula is C12H12ClNO3. The maximum absolute atomic E-state index is 10.9. The maximum atomic E-state index is 10.9. The molecule has 0 amide bonds. The zero-order chi connectivity index (χ0) is 12.0. The van der Waals surface area contributed by atoms with Crippen LogP contribution in [0.15, 0.2) is 6.07 Å². The molecule has 1 aromatic rings. The fourth-order valence-electron chi connectivity index (χ4n) is 2.42. The molecule has 2 aliphatic rings. The molecule has 17 heavy (non-hydrogen) atoms. The summed E-state index contributed by atoms with van der Waals surface area (Å²) in [6.45, 7) is 0.111. The fourth-order valence-corrected chi connectivity index (χ4v) is 2.81. The van der Waals surface area contributed by atoms with Crippen LogP contribution in [0.1, 0.15) is 35.2 Å². The van der Waals surface area contributed by atoms with E-state index < -0.39 is 5.54 Å². The van der Waals surface area contributed by atoms with Crippen molar-refractivity contribution in [1.82, 2.24) is 0 Å². The SMILES string of the molecule is NC1(c2c(Cl)cc(C=O)c3c2OCO3)CCC1. The number of hydrogen-bond donors (Lipinski definition) is 1. The first-order valence-corrected chi connectivity index (χ1v) is 5.90. The molecule has 4 nitrogen and oxygen atoms in total. The van der Waals surface area contributed by atoms with E-state index in [9.17, 15) is 4.79 Å². The monoisotopic (exact) mass is 253 g/mol. The molecule has 0 atom stereocenters. The van der Waals surface area contributed by atoms with Crippen molar-refractivity contribution in [3.05, 3.63) is 22.2 Å². The summed E-state index contributed by atoms with van der Waals surface area (Å²) < 4.78 is 10.7. The number of halogens is 1. The molecule has 2 N–H and O–H groups in total. The van der Waals surface area contributed by atoms with Gasteiger partial charge in [0.15, 0.2) is 17.8 Å². The molecule has 0 spiro atoms. The number of ether oxygens (including phenoxy) is 2. The molecule has 0 aromatic heterocycles. The van der Waals surface area contributed by atoms with Crippen LogP contribution < -0.4 is 15.2 Å². The average Bonchev–Trinajstić information content (AvgIpc) is 2.73. The van der Waals surface area contributed by atoms with Gasteiger partial charge in [0.05, 0.1) is 10.6 Å². The van der Waals surface area contributed by atoms with Crippen molar-refractivity contribution in [3.63, 3.8) is 0 Å². The number of carbonyl (C=O) groups excluding carboxylic acids is 1. The Morgan fingerprint density at radius 3 is 2.65 bits per heavy atom. The highest BCUT2D eigenvalue weighted by atomic mass is 35.5. The summed E-state index contributed by atoms with van der Waals surface area (Å²) in [5.41, 5.74) is 7.04. The molecule has 1 aliphatic heterocycles. The van der Waals surface area contributed by atoms with Crippen molar-refractivity contribution in [2.45, 2.75) is 24.8 Å². The summed E-state index contributed by atoms with van der Waals surface area (Å²) in [6.07, 6.45) is 3.55. The van der Waals surface area contributed by atoms with Crippen molar-refractivity contribution in [2.24, 2.45) is 5.73 Å². The summed E-state index contributed by atoms with van der Waals surface area (Å²) in [6, 6.07) is 1.60. The molecule has 0 radical (unpaired) electrons. The molecule has 1 aliphatic carbocycles. The smallest absolute Gasteiger partial charge is 0.231 e. The first-order valence-electron chi connectivity index (χ1n) is 5.52. The Kier molecular flexibility index (Phi) is 2.31. The molecule has 1 fully saturated rings. The largest absolute Gasteiger partial charge is 0.453 e. The molecule has 3 rings (SSSR count). The van der Waals surface area contributed by atoms with Gasteiger partial charge in [-0.15, -0.1) is 0 Å². The van der Waals surface area contributed by atoms with Crippen LogP contribution in [0, 0.1) is 0 Å². The van der Waals surface area contributed by atoms with E-state index in [1.54, 1.807) is 6.07 Å². The van der Waals surface area contributed by atoms with Gasteiger partial charge in [-0.05, 0) is 25.3 Å². The van der Waals surface area contributed by atoms with Crippen LogP contribution in [0.5, 0.6) is 11.5 Å². The lowest BCUT2D eigenvalue weighted by molar-refractivity contribution is 0.111. The lowest BCUT2D eigenvalue weighted by Gasteiger charge is -2.39. The number of benzene rings is 1. The van der Waals surface area contributed by atoms with E-state index >= 15 is 0 Å². The molecule has 0 bridgehead atoms. The molecule has 0 unspecified atom stereocenters. The van der Waals surface area contributed by atoms with E-state index in [1.807, 2.05) is 0 Å². The Balaban J connectivity index is 2.22. The Bertz CT molecular complexity index is 497. The third-order valence-corrected chi connectivity index (χ3v) is 3.79. The first kappa shape index (κ1) is 10.9. The van der Waals surface area contributed by atoms with Gasteiger partial charge in [-0.2, -0.15) is 0 Å². The zero-order valence-corrected chi connectivity index (χ0v) is 9.92. The highest BCUT2D eigenvalue weighted by Gasteiger charge is 2.41. The summed E-state index contributed by atoms with van der Waals surface area (Å²) in [7, 11) is 0. The van der Waals surface area contributed by atoms with Crippen molar-refractivity contribution in [3.8, 4) is 11.5 Å². The minimum atomic E-state index is -0.434. The van der Waals surface area contributed by atoms with E-state index in [0.29, 0.717) is 28.4 Å². The Morgan fingerprint density at radius 2 is 2.06 bits per heavy atom. The average molecular weight is 254 g/mol. The predicted octanol–water partition coefficient (Wildman–Crippen LogP) is 2.22. The Hall–Kier alpha value is -1.26. The second-order valence-electron chi connectivity index (χ2n) is 4.51. The Morgan fingerprint density at radius 1 is 1.35 bits per heavy atom. The standard InChI is InChI=1S/C12H12ClNO3/c13-8-4-7(5-15)10-11(17-6-16-10)9(8)12(14)2-1-3-12/h4-5H,1-3,6,14H2. The van der Waals surface area contributed by atoms with Crippen molar-refractivity contribution < 1.29 is 14.3 Å². The molecule has 90 valence electrons. The van der Waals surface area contributed by atoms with Gasteiger partial charge < -0.3 is 15.2 Å². The van der Waals surface area contributed by atoms with Gasteiger partial charge in [0.2, 0.25) is 6.79 Å². The van der Waals surface area contributed by atoms with Gasteiger partial charge in [0, 0.05) is 11.1 Å². The van der Waals surface area contributed by atoms with Gasteiger partial charge in [-0.3, -0.25) is 4.79 Å². The number of nitrogens with two attached hydrogens (primary N) is 1. The van der Waals surface area contributed by atoms with Crippen LogP contribution in [0.2, 0.25) is 5.02 Å². The normalized spacial score (nSPS) is 19.9. The van der Waals surface area contributed by atoms with Crippen LogP contribution >= 0.6 is 11.6 Å². The number of carbonyl (C=O) groups is 1. The lowest BCUT2D eigenvalue weighted by Crippen LogP contribution is -2.43. The van der Waals surface area contributed by atoms with Crippen LogP contribution in [0.4, 0.5) is 0 Å². The zero-order valence-electron chi connectivity index (χ0n) is 9.16. The fraction of sp³-hybridized carbons (Fsp3) is 0.417. The molecule has 1 saturated carbocycles. The van der Waals surface area contributed by atoms with Crippen LogP contribution in [0.25, 0.3) is 0 Å². The van der Waals surface area contributed by atoms with Gasteiger partial charge in [0.25, 0.3) is 0 Å². The van der Waals surface area contributed by atoms with Crippen LogP contribution in [-0.4, -0.2) is 13.1 Å². The van der Waals surface area contributed by atoms with Crippen molar-refractivity contribution >= 4 is 17.9 Å². The lowest BCUT2D eigenvalue weighted by atomic mass is 9.72. The predicted molar refractivity (Wildman–Crippen MR) is 62.7 cm³/mol. The molecule has 1 heterocycles. The summed E-state index contributed by atoms with van der Waals surface area (Å²) >= 11 is 6.21. The van der Waals surface area contributed by atoms with Gasteiger partial charge in [-0.25, -0.2) is 0 Å². The van der Waals surface area contributed by atoms with Crippen LogP contribution in [-0.2, 0) is 5.54 Å². The van der Waals surface area contributed by atoms with E-state index in [0.717, 1.165) is 24.8 Å². The van der Waals surface area contributed by atoms with E-state index in [4.69, 9.17) is 26.8 Å². The molecule has 5 heteroatoms. The van der Waals surface area contributed by atoms with Crippen LogP contribution in [0.3, 0.4) is 0 Å². The minimum absolute atomic E-state index is 0.111. The summed E-state index contributed by atoms with van der Waals surface area (Å²) in [5.74, 6) is 1.01. The van der Waals surface area contributed by atoms with E-state index in [2.05, 4.69) is 0 Å². The molecular weight excluding hydrogens is 242 g/mol. The highest BCUT2D eigenvalue weighted by Crippen LogP contribution is 2.51. The number of aldehydes is 1. The van der Waals surface area contributed by atoms with Gasteiger partial charge in [0.1, 0.15) is 0 Å². The number of fused-ring (bicyclic) bond motifs is 1. The minimum Gasteiger partial charge on any atom is -0.453 e. The van der Waals surface area contributed by atoms with E-state index in [-0.39, 0.29) is 6.79 Å². The molecule has 0 saturated heterocycles. The second kappa shape index (κ2) is 3.62. The third kappa shape index (κ3) is 1.44. The van der Waals surface area contributed by atoms with Crippen molar-refractivity contribution in [2.75, 3.05) is 6.79 Å².